The predicted molar refractivity (Wildman–Crippen MR) is 88.6 cm³/mol. The fraction of sp³-hybridized carbons (Fsp3) is 0.857. The average molecular weight is 316 g/mol. The lowest BCUT2D eigenvalue weighted by Crippen LogP contribution is -2.38. The summed E-state index contributed by atoms with van der Waals surface area (Å²) in [4.78, 5) is 22.8. The molecular weight excluding hydrogens is 284 g/mol. The van der Waals surface area contributed by atoms with Gasteiger partial charge in [0, 0.05) is 26.2 Å². The van der Waals surface area contributed by atoms with Crippen molar-refractivity contribution in [1.82, 2.24) is 21.3 Å². The van der Waals surface area contributed by atoms with Crippen molar-refractivity contribution in [3.05, 3.63) is 0 Å². The Morgan fingerprint density at radius 3 is 1.09 bits per heavy atom. The zero-order chi connectivity index (χ0) is 16.5. The van der Waals surface area contributed by atoms with Gasteiger partial charge in [0.2, 0.25) is 0 Å². The molecule has 0 aliphatic carbocycles. The second-order valence-corrected chi connectivity index (χ2v) is 5.06. The van der Waals surface area contributed by atoms with Crippen molar-refractivity contribution in [2.24, 2.45) is 11.5 Å². The van der Waals surface area contributed by atoms with Crippen LogP contribution < -0.4 is 32.7 Å². The fourth-order valence-electron chi connectivity index (χ4n) is 1.72. The van der Waals surface area contributed by atoms with Crippen LogP contribution in [0.25, 0.3) is 0 Å². The van der Waals surface area contributed by atoms with Crippen LogP contribution in [0.2, 0.25) is 0 Å². The van der Waals surface area contributed by atoms with Crippen LogP contribution in [0.15, 0.2) is 0 Å². The molecule has 0 aromatic rings. The highest BCUT2D eigenvalue weighted by Gasteiger charge is 2.00. The zero-order valence-corrected chi connectivity index (χ0v) is 13.5. The van der Waals surface area contributed by atoms with Gasteiger partial charge in [-0.1, -0.05) is 0 Å². The SMILES string of the molecule is NCCCCNC(=O)NCCCCNC(=O)NCCCCN. The summed E-state index contributed by atoms with van der Waals surface area (Å²) < 4.78 is 0. The van der Waals surface area contributed by atoms with E-state index in [9.17, 15) is 9.59 Å². The Morgan fingerprint density at radius 1 is 0.545 bits per heavy atom. The molecule has 0 aromatic heterocycles. The molecule has 0 aliphatic rings. The molecule has 8 nitrogen and oxygen atoms in total. The summed E-state index contributed by atoms with van der Waals surface area (Å²) in [6.45, 7) is 3.79. The number of nitrogens with two attached hydrogens (primary N) is 2. The third-order valence-electron chi connectivity index (χ3n) is 3.01. The largest absolute Gasteiger partial charge is 0.338 e. The number of hydrogen-bond donors (Lipinski definition) is 6. The second kappa shape index (κ2) is 15.8. The Balaban J connectivity index is 3.28. The Kier molecular flexibility index (Phi) is 14.7. The van der Waals surface area contributed by atoms with Gasteiger partial charge in [0.05, 0.1) is 0 Å². The van der Waals surface area contributed by atoms with Gasteiger partial charge in [-0.15, -0.1) is 0 Å². The van der Waals surface area contributed by atoms with Crippen LogP contribution >= 0.6 is 0 Å². The summed E-state index contributed by atoms with van der Waals surface area (Å²) in [5.41, 5.74) is 10.7. The lowest BCUT2D eigenvalue weighted by molar-refractivity contribution is 0.238. The van der Waals surface area contributed by atoms with Gasteiger partial charge in [0.25, 0.3) is 0 Å². The molecule has 0 saturated carbocycles. The number of carbonyl (C=O) groups excluding carboxylic acids is 2. The van der Waals surface area contributed by atoms with Gasteiger partial charge in [-0.25, -0.2) is 9.59 Å². The molecule has 8 heteroatoms. The lowest BCUT2D eigenvalue weighted by atomic mass is 10.3. The minimum absolute atomic E-state index is 0.150. The summed E-state index contributed by atoms with van der Waals surface area (Å²) in [5, 5.41) is 11.1. The van der Waals surface area contributed by atoms with Gasteiger partial charge in [0.15, 0.2) is 0 Å². The standard InChI is InChI=1S/C14H32N6O2/c15-7-1-3-9-17-13(21)19-11-5-6-12-20-14(22)18-10-4-2-8-16/h1-12,15-16H2,(H2,17,19,21)(H2,18,20,22). The number of carbonyl (C=O) groups is 2. The molecule has 0 radical (unpaired) electrons. The van der Waals surface area contributed by atoms with Gasteiger partial charge >= 0.3 is 12.1 Å². The minimum atomic E-state index is -0.150. The highest BCUT2D eigenvalue weighted by atomic mass is 16.2. The monoisotopic (exact) mass is 316 g/mol. The first kappa shape index (κ1) is 20.5. The number of amides is 4. The summed E-state index contributed by atoms with van der Waals surface area (Å²) >= 11 is 0. The number of urea groups is 2. The lowest BCUT2D eigenvalue weighted by Gasteiger charge is -2.08. The molecule has 22 heavy (non-hydrogen) atoms. The van der Waals surface area contributed by atoms with E-state index in [-0.39, 0.29) is 12.1 Å². The Bertz CT molecular complexity index is 261. The quantitative estimate of drug-likeness (QED) is 0.263. The van der Waals surface area contributed by atoms with Crippen molar-refractivity contribution in [3.8, 4) is 0 Å². The van der Waals surface area contributed by atoms with E-state index in [1.165, 1.54) is 0 Å². The first-order valence-electron chi connectivity index (χ1n) is 8.14. The van der Waals surface area contributed by atoms with E-state index in [0.717, 1.165) is 38.5 Å². The summed E-state index contributed by atoms with van der Waals surface area (Å²) in [6.07, 6.45) is 5.27. The topological polar surface area (TPSA) is 134 Å². The third-order valence-corrected chi connectivity index (χ3v) is 3.01. The number of hydrogen-bond acceptors (Lipinski definition) is 4. The van der Waals surface area contributed by atoms with E-state index in [1.807, 2.05) is 0 Å². The van der Waals surface area contributed by atoms with Crippen molar-refractivity contribution in [2.75, 3.05) is 39.3 Å². The van der Waals surface area contributed by atoms with Crippen LogP contribution in [-0.4, -0.2) is 51.3 Å². The number of rotatable bonds is 13. The highest BCUT2D eigenvalue weighted by Crippen LogP contribution is 1.86. The van der Waals surface area contributed by atoms with E-state index < -0.39 is 0 Å². The number of unbranched alkanes of at least 4 members (excludes halogenated alkanes) is 3. The molecule has 0 fully saturated rings. The van der Waals surface area contributed by atoms with Crippen LogP contribution in [-0.2, 0) is 0 Å². The Hall–Kier alpha value is -1.54. The molecule has 0 bridgehead atoms. The van der Waals surface area contributed by atoms with Crippen LogP contribution in [0.3, 0.4) is 0 Å². The second-order valence-electron chi connectivity index (χ2n) is 5.06. The van der Waals surface area contributed by atoms with Crippen molar-refractivity contribution >= 4 is 12.1 Å². The smallest absolute Gasteiger partial charge is 0.314 e. The molecule has 0 atom stereocenters. The van der Waals surface area contributed by atoms with Crippen molar-refractivity contribution in [3.63, 3.8) is 0 Å². The summed E-state index contributed by atoms with van der Waals surface area (Å²) in [6, 6.07) is -0.301. The molecule has 0 aromatic carbocycles. The van der Waals surface area contributed by atoms with Crippen LogP contribution in [0.4, 0.5) is 9.59 Å². The molecule has 0 unspecified atom stereocenters. The van der Waals surface area contributed by atoms with Gasteiger partial charge in [0.1, 0.15) is 0 Å². The van der Waals surface area contributed by atoms with E-state index in [2.05, 4.69) is 21.3 Å². The van der Waals surface area contributed by atoms with Crippen molar-refractivity contribution in [2.45, 2.75) is 38.5 Å². The maximum Gasteiger partial charge on any atom is 0.314 e. The van der Waals surface area contributed by atoms with Crippen LogP contribution in [0.1, 0.15) is 38.5 Å². The summed E-state index contributed by atoms with van der Waals surface area (Å²) in [5.74, 6) is 0. The number of nitrogens with one attached hydrogen (secondary N) is 4. The third kappa shape index (κ3) is 14.9. The molecule has 0 aliphatic heterocycles. The van der Waals surface area contributed by atoms with E-state index in [1.54, 1.807) is 0 Å². The zero-order valence-electron chi connectivity index (χ0n) is 13.5. The van der Waals surface area contributed by atoms with Crippen LogP contribution in [0.5, 0.6) is 0 Å². The van der Waals surface area contributed by atoms with Gasteiger partial charge < -0.3 is 32.7 Å². The van der Waals surface area contributed by atoms with Gasteiger partial charge in [-0.05, 0) is 51.6 Å². The van der Waals surface area contributed by atoms with Crippen LogP contribution in [0, 0.1) is 0 Å². The molecule has 4 amide bonds. The normalized spacial score (nSPS) is 10.1. The van der Waals surface area contributed by atoms with Gasteiger partial charge in [-0.3, -0.25) is 0 Å². The molecular formula is C14H32N6O2. The first-order chi connectivity index (χ1) is 10.7. The van der Waals surface area contributed by atoms with E-state index in [4.69, 9.17) is 11.5 Å². The Labute approximate surface area is 133 Å². The van der Waals surface area contributed by atoms with E-state index >= 15 is 0 Å². The van der Waals surface area contributed by atoms with Gasteiger partial charge in [-0.2, -0.15) is 0 Å². The maximum atomic E-state index is 11.4. The molecule has 0 spiro atoms. The van der Waals surface area contributed by atoms with Crippen molar-refractivity contribution in [1.29, 1.82) is 0 Å². The predicted octanol–water partition coefficient (Wildman–Crippen LogP) is -0.157. The molecule has 130 valence electrons. The summed E-state index contributed by atoms with van der Waals surface area (Å²) in [7, 11) is 0. The first-order valence-corrected chi connectivity index (χ1v) is 8.14. The highest BCUT2D eigenvalue weighted by molar-refractivity contribution is 5.74. The minimum Gasteiger partial charge on any atom is -0.338 e. The fourth-order valence-corrected chi connectivity index (χ4v) is 1.72. The van der Waals surface area contributed by atoms with E-state index in [0.29, 0.717) is 39.3 Å². The maximum absolute atomic E-state index is 11.4. The molecule has 0 saturated heterocycles. The molecule has 0 rings (SSSR count). The Morgan fingerprint density at radius 2 is 0.818 bits per heavy atom. The van der Waals surface area contributed by atoms with Crippen molar-refractivity contribution < 1.29 is 9.59 Å². The molecule has 8 N–H and O–H groups in total. The molecule has 0 heterocycles. The average Bonchev–Trinajstić information content (AvgIpc) is 2.51.